The standard InChI is InChI=1S/C22H16N4O2/c23-26-13-12-24-14-20(26)21(15-2-1-3-15)25-22(26)16-4-8-18(9-5-16)28-19-10-6-17(27)7-11-19/h1-14H,23H2/p+1. The van der Waals surface area contributed by atoms with Crippen LogP contribution in [-0.4, -0.2) is 21.7 Å². The topological polar surface area (TPSA) is 80.2 Å². The van der Waals surface area contributed by atoms with Crippen molar-refractivity contribution in [1.29, 1.82) is 0 Å². The van der Waals surface area contributed by atoms with E-state index in [2.05, 4.69) is 4.99 Å². The van der Waals surface area contributed by atoms with E-state index in [9.17, 15) is 5.11 Å². The summed E-state index contributed by atoms with van der Waals surface area (Å²) in [5.74, 6) is 8.95. The fourth-order valence-electron chi connectivity index (χ4n) is 3.26. The number of benzene rings is 2. The van der Waals surface area contributed by atoms with Crippen molar-refractivity contribution in [2.24, 2.45) is 15.8 Å². The third-order valence-electron chi connectivity index (χ3n) is 4.80. The van der Waals surface area contributed by atoms with Gasteiger partial charge in [0.05, 0.1) is 18.0 Å². The average molecular weight is 369 g/mol. The summed E-state index contributed by atoms with van der Waals surface area (Å²) in [6.45, 7) is 0. The number of fused-ring (bicyclic) bond motifs is 1. The average Bonchev–Trinajstić information content (AvgIpc) is 2.96. The van der Waals surface area contributed by atoms with Crippen molar-refractivity contribution < 1.29 is 14.4 Å². The molecule has 0 bridgehead atoms. The van der Waals surface area contributed by atoms with Crippen molar-refractivity contribution in [1.82, 2.24) is 0 Å². The van der Waals surface area contributed by atoms with E-state index in [1.165, 1.54) is 0 Å². The number of aliphatic imine (C=N–C) groups is 2. The maximum atomic E-state index is 9.37. The fourth-order valence-corrected chi connectivity index (χ4v) is 3.26. The van der Waals surface area contributed by atoms with Gasteiger partial charge in [-0.1, -0.05) is 18.2 Å². The summed E-state index contributed by atoms with van der Waals surface area (Å²) < 4.78 is 5.81. The van der Waals surface area contributed by atoms with Gasteiger partial charge in [-0.3, -0.25) is 4.99 Å². The van der Waals surface area contributed by atoms with Crippen LogP contribution in [0.1, 0.15) is 5.56 Å². The molecular formula is C22H17N4O2+. The fraction of sp³-hybridized carbons (Fsp3) is 0. The van der Waals surface area contributed by atoms with E-state index in [-0.39, 0.29) is 10.3 Å². The van der Waals surface area contributed by atoms with Gasteiger partial charge in [-0.15, -0.1) is 4.59 Å². The minimum absolute atomic E-state index is 0.0117. The Morgan fingerprint density at radius 2 is 1.64 bits per heavy atom. The molecule has 28 heavy (non-hydrogen) atoms. The molecule has 0 saturated heterocycles. The number of nitrogens with two attached hydrogens (primary N) is 1. The quantitative estimate of drug-likeness (QED) is 0.634. The molecule has 1 unspecified atom stereocenters. The second-order valence-electron chi connectivity index (χ2n) is 6.62. The van der Waals surface area contributed by atoms with Gasteiger partial charge in [-0.05, 0) is 48.5 Å². The number of amidine groups is 1. The number of ether oxygens (including phenoxy) is 1. The molecular weight excluding hydrogens is 352 g/mol. The van der Waals surface area contributed by atoms with Crippen molar-refractivity contribution in [2.45, 2.75) is 0 Å². The number of allylic oxidation sites excluding steroid dienone is 4. The minimum atomic E-state index is -0.0117. The molecule has 0 spiro atoms. The molecule has 2 aliphatic heterocycles. The third-order valence-corrected chi connectivity index (χ3v) is 4.80. The van der Waals surface area contributed by atoms with Crippen LogP contribution in [0.3, 0.4) is 0 Å². The summed E-state index contributed by atoms with van der Waals surface area (Å²) in [5, 5.41) is 9.37. The molecule has 0 radical (unpaired) electrons. The van der Waals surface area contributed by atoms with Crippen molar-refractivity contribution in [3.8, 4) is 17.2 Å². The van der Waals surface area contributed by atoms with Crippen LogP contribution in [0, 0.1) is 0 Å². The summed E-state index contributed by atoms with van der Waals surface area (Å²) in [7, 11) is 0. The second kappa shape index (κ2) is 6.16. The lowest BCUT2D eigenvalue weighted by molar-refractivity contribution is -0.750. The molecule has 6 nitrogen and oxygen atoms in total. The van der Waals surface area contributed by atoms with Gasteiger partial charge >= 0.3 is 0 Å². The Kier molecular flexibility index (Phi) is 3.61. The normalized spacial score (nSPS) is 21.9. The molecule has 1 atom stereocenters. The van der Waals surface area contributed by atoms with Gasteiger partial charge in [-0.2, -0.15) is 10.8 Å². The SMILES string of the molecule is N[N+]12C=CN=CC1=C(C1=CC=C1)N=C2c1ccc(Oc2ccc(O)cc2)cc1. The number of phenols is 1. The molecule has 0 fully saturated rings. The molecule has 2 heterocycles. The monoisotopic (exact) mass is 369 g/mol. The molecule has 2 aromatic rings. The van der Waals surface area contributed by atoms with E-state index in [0.29, 0.717) is 11.5 Å². The Morgan fingerprint density at radius 3 is 2.29 bits per heavy atom. The number of hydrogen-bond donors (Lipinski definition) is 2. The van der Waals surface area contributed by atoms with Gasteiger partial charge in [-0.25, -0.2) is 0 Å². The molecule has 136 valence electrons. The van der Waals surface area contributed by atoms with Crippen LogP contribution in [-0.2, 0) is 0 Å². The molecule has 0 amide bonds. The minimum Gasteiger partial charge on any atom is -0.508 e. The van der Waals surface area contributed by atoms with Gasteiger partial charge in [0.15, 0.2) is 0 Å². The lowest BCUT2D eigenvalue weighted by Crippen LogP contribution is -2.53. The van der Waals surface area contributed by atoms with E-state index in [1.807, 2.05) is 48.7 Å². The van der Waals surface area contributed by atoms with Crippen LogP contribution in [0.15, 0.2) is 106 Å². The molecule has 2 aromatic carbocycles. The number of quaternary nitrogens is 1. The summed E-state index contributed by atoms with van der Waals surface area (Å²) in [6, 6.07) is 14.2. The summed E-state index contributed by atoms with van der Waals surface area (Å²) in [4.78, 5) is 9.06. The molecule has 3 N–H and O–H groups in total. The zero-order valence-electron chi connectivity index (χ0n) is 14.9. The number of hydrogen-bond acceptors (Lipinski definition) is 5. The molecule has 0 saturated carbocycles. The Balaban J connectivity index is 1.45. The van der Waals surface area contributed by atoms with Gasteiger partial charge in [0.25, 0.3) is 5.84 Å². The van der Waals surface area contributed by atoms with Crippen LogP contribution in [0.25, 0.3) is 0 Å². The van der Waals surface area contributed by atoms with Crippen molar-refractivity contribution in [3.63, 3.8) is 0 Å². The Labute approximate surface area is 161 Å². The summed E-state index contributed by atoms with van der Waals surface area (Å²) in [5.41, 5.74) is 3.64. The number of aromatic hydroxyl groups is 1. The van der Waals surface area contributed by atoms with Crippen LogP contribution in [0.4, 0.5) is 0 Å². The molecule has 0 aromatic heterocycles. The summed E-state index contributed by atoms with van der Waals surface area (Å²) >= 11 is 0. The smallest absolute Gasteiger partial charge is 0.265 e. The predicted octanol–water partition coefficient (Wildman–Crippen LogP) is 3.90. The largest absolute Gasteiger partial charge is 0.508 e. The van der Waals surface area contributed by atoms with Gasteiger partial charge in [0, 0.05) is 5.57 Å². The first-order chi connectivity index (χ1) is 13.6. The Morgan fingerprint density at radius 1 is 0.964 bits per heavy atom. The summed E-state index contributed by atoms with van der Waals surface area (Å²) in [6.07, 6.45) is 11.3. The number of nitrogens with zero attached hydrogens (tertiary/aromatic N) is 3. The Hall–Kier alpha value is -3.74. The molecule has 6 heteroatoms. The Bertz CT molecular complexity index is 1140. The first kappa shape index (κ1) is 16.4. The lowest BCUT2D eigenvalue weighted by Gasteiger charge is -2.26. The van der Waals surface area contributed by atoms with Crippen LogP contribution in [0.5, 0.6) is 17.2 Å². The van der Waals surface area contributed by atoms with Gasteiger partial charge in [0.1, 0.15) is 29.1 Å². The number of phenolic OH excluding ortho intramolecular Hbond substituents is 1. The highest BCUT2D eigenvalue weighted by atomic mass is 16.5. The highest BCUT2D eigenvalue weighted by Crippen LogP contribution is 2.36. The zero-order chi connectivity index (χ0) is 19.1. The molecule has 5 rings (SSSR count). The van der Waals surface area contributed by atoms with E-state index < -0.39 is 0 Å². The maximum absolute atomic E-state index is 9.37. The first-order valence-electron chi connectivity index (χ1n) is 8.82. The van der Waals surface area contributed by atoms with Gasteiger partial charge < -0.3 is 9.84 Å². The van der Waals surface area contributed by atoms with Crippen LogP contribution >= 0.6 is 0 Å². The van der Waals surface area contributed by atoms with E-state index >= 15 is 0 Å². The molecule has 1 aliphatic carbocycles. The molecule has 3 aliphatic rings. The van der Waals surface area contributed by atoms with Crippen molar-refractivity contribution >= 4 is 12.1 Å². The highest BCUT2D eigenvalue weighted by molar-refractivity contribution is 6.01. The van der Waals surface area contributed by atoms with Crippen molar-refractivity contribution in [3.05, 3.63) is 102 Å². The zero-order valence-corrected chi connectivity index (χ0v) is 14.9. The first-order valence-corrected chi connectivity index (χ1v) is 8.82. The van der Waals surface area contributed by atoms with Crippen LogP contribution < -0.4 is 10.6 Å². The van der Waals surface area contributed by atoms with Crippen LogP contribution in [0.2, 0.25) is 0 Å². The highest BCUT2D eigenvalue weighted by Gasteiger charge is 2.44. The number of rotatable bonds is 4. The van der Waals surface area contributed by atoms with Gasteiger partial charge in [0.2, 0.25) is 5.70 Å². The second-order valence-corrected chi connectivity index (χ2v) is 6.62. The maximum Gasteiger partial charge on any atom is 0.265 e. The van der Waals surface area contributed by atoms with Crippen molar-refractivity contribution in [2.75, 3.05) is 0 Å². The third kappa shape index (κ3) is 2.60. The lowest BCUT2D eigenvalue weighted by atomic mass is 10.0. The van der Waals surface area contributed by atoms with E-state index in [4.69, 9.17) is 15.6 Å². The predicted molar refractivity (Wildman–Crippen MR) is 107 cm³/mol. The van der Waals surface area contributed by atoms with E-state index in [0.717, 1.165) is 28.4 Å². The van der Waals surface area contributed by atoms with E-state index in [1.54, 1.807) is 36.7 Å².